The maximum atomic E-state index is 14.2. The molecule has 2 N–H and O–H groups in total. The summed E-state index contributed by atoms with van der Waals surface area (Å²) in [5.74, 6) is -3.21. The van der Waals surface area contributed by atoms with Gasteiger partial charge in [0.2, 0.25) is 11.8 Å². The Balaban J connectivity index is 1.70. The number of nitrogens with zero attached hydrogens (tertiary/aromatic N) is 2. The molecule has 3 saturated heterocycles. The molecule has 4 aliphatic rings. The molecular weight excluding hydrogens is 424 g/mol. The first-order chi connectivity index (χ1) is 15.8. The molecule has 4 fully saturated rings. The van der Waals surface area contributed by atoms with Crippen LogP contribution < -0.4 is 0 Å². The average Bonchev–Trinajstić information content (AvgIpc) is 3.36. The van der Waals surface area contributed by atoms with Crippen LogP contribution in [0.4, 0.5) is 0 Å². The largest absolute Gasteiger partial charge is 0.481 e. The zero-order chi connectivity index (χ0) is 23.8. The van der Waals surface area contributed by atoms with Crippen LogP contribution in [0.2, 0.25) is 0 Å². The molecule has 0 aromatic carbocycles. The Morgan fingerprint density at radius 1 is 1.21 bits per heavy atom. The molecule has 1 aliphatic carbocycles. The van der Waals surface area contributed by atoms with E-state index in [1.54, 1.807) is 17.9 Å². The van der Waals surface area contributed by atoms with Crippen LogP contribution in [0.15, 0.2) is 12.7 Å². The van der Waals surface area contributed by atoms with Gasteiger partial charge in [0, 0.05) is 25.7 Å². The maximum Gasteiger partial charge on any atom is 0.310 e. The van der Waals surface area contributed by atoms with E-state index < -0.39 is 35.0 Å². The SMILES string of the molecule is C=CCN(C(=O)C1N(CCCCCO)C(=O)[C@@H]2[C@H](C(=O)O)[C@]3(C)CCC12O3)C1CCCCC1. The number of rotatable bonds is 10. The molecule has 33 heavy (non-hydrogen) atoms. The van der Waals surface area contributed by atoms with Crippen LogP contribution in [0.3, 0.4) is 0 Å². The molecule has 1 spiro atoms. The lowest BCUT2D eigenvalue weighted by Gasteiger charge is -2.40. The average molecular weight is 463 g/mol. The molecule has 4 rings (SSSR count). The summed E-state index contributed by atoms with van der Waals surface area (Å²) in [4.78, 5) is 43.7. The lowest BCUT2D eigenvalue weighted by atomic mass is 9.66. The number of amides is 2. The van der Waals surface area contributed by atoms with Crippen molar-refractivity contribution >= 4 is 17.8 Å². The third-order valence-electron chi connectivity index (χ3n) is 8.46. The number of carbonyl (C=O) groups excluding carboxylic acids is 2. The number of carboxylic acids is 1. The highest BCUT2D eigenvalue weighted by molar-refractivity contribution is 5.98. The van der Waals surface area contributed by atoms with Crippen molar-refractivity contribution in [2.24, 2.45) is 11.8 Å². The molecule has 2 unspecified atom stereocenters. The van der Waals surface area contributed by atoms with Gasteiger partial charge in [-0.3, -0.25) is 14.4 Å². The smallest absolute Gasteiger partial charge is 0.310 e. The molecular formula is C25H38N2O6. The van der Waals surface area contributed by atoms with E-state index in [4.69, 9.17) is 9.84 Å². The van der Waals surface area contributed by atoms with E-state index in [2.05, 4.69) is 6.58 Å². The highest BCUT2D eigenvalue weighted by Gasteiger charge is 2.78. The molecule has 1 saturated carbocycles. The predicted octanol–water partition coefficient (Wildman–Crippen LogP) is 2.35. The van der Waals surface area contributed by atoms with Crippen LogP contribution in [-0.4, -0.2) is 80.8 Å². The fraction of sp³-hybridized carbons (Fsp3) is 0.800. The van der Waals surface area contributed by atoms with Crippen molar-refractivity contribution < 1.29 is 29.3 Å². The van der Waals surface area contributed by atoms with Gasteiger partial charge in [0.25, 0.3) is 0 Å². The highest BCUT2D eigenvalue weighted by atomic mass is 16.5. The second-order valence-electron chi connectivity index (χ2n) is 10.5. The number of unbranched alkanes of at least 4 members (excludes halogenated alkanes) is 2. The zero-order valence-corrected chi connectivity index (χ0v) is 19.7. The standard InChI is InChI=1S/C25H38N2O6/c1-3-14-26(17-10-6-4-7-11-17)22(30)20-25-13-12-24(2,33-25)19(23(31)32)18(25)21(29)27(20)15-8-5-9-16-28/h3,17-20,28H,1,4-16H2,2H3,(H,31,32)/t18-,19+,20?,24-,25?/m0/s1. The van der Waals surface area contributed by atoms with E-state index in [0.717, 1.165) is 32.1 Å². The number of hydrogen-bond donors (Lipinski definition) is 2. The summed E-state index contributed by atoms with van der Waals surface area (Å²) in [6.07, 6.45) is 9.97. The van der Waals surface area contributed by atoms with Gasteiger partial charge in [-0.15, -0.1) is 6.58 Å². The lowest BCUT2D eigenvalue weighted by molar-refractivity contribution is -0.157. The normalized spacial score (nSPS) is 35.6. The molecule has 2 amide bonds. The minimum atomic E-state index is -1.09. The van der Waals surface area contributed by atoms with Gasteiger partial charge in [-0.25, -0.2) is 0 Å². The Labute approximate surface area is 195 Å². The number of fused-ring (bicyclic) bond motifs is 1. The van der Waals surface area contributed by atoms with E-state index >= 15 is 0 Å². The van der Waals surface area contributed by atoms with Crippen molar-refractivity contribution in [2.45, 2.75) is 94.4 Å². The minimum absolute atomic E-state index is 0.0835. The van der Waals surface area contributed by atoms with Gasteiger partial charge in [-0.05, 0) is 51.9 Å². The summed E-state index contributed by atoms with van der Waals surface area (Å²) in [5.41, 5.74) is -2.02. The number of aliphatic carboxylic acids is 1. The van der Waals surface area contributed by atoms with Gasteiger partial charge in [-0.2, -0.15) is 0 Å². The van der Waals surface area contributed by atoms with Crippen LogP contribution in [-0.2, 0) is 19.1 Å². The molecule has 2 bridgehead atoms. The number of hydrogen-bond acceptors (Lipinski definition) is 5. The Morgan fingerprint density at radius 3 is 2.58 bits per heavy atom. The first kappa shape index (κ1) is 24.2. The molecule has 3 aliphatic heterocycles. The number of aliphatic hydroxyl groups excluding tert-OH is 1. The third kappa shape index (κ3) is 3.89. The molecule has 5 atom stereocenters. The van der Waals surface area contributed by atoms with Gasteiger partial charge in [0.05, 0.1) is 17.4 Å². The van der Waals surface area contributed by atoms with Gasteiger partial charge in [0.1, 0.15) is 11.6 Å². The quantitative estimate of drug-likeness (QED) is 0.381. The van der Waals surface area contributed by atoms with Crippen LogP contribution in [0.5, 0.6) is 0 Å². The van der Waals surface area contributed by atoms with Crippen LogP contribution in [0.25, 0.3) is 0 Å². The topological polar surface area (TPSA) is 107 Å². The molecule has 8 heteroatoms. The second kappa shape index (κ2) is 9.37. The third-order valence-corrected chi connectivity index (χ3v) is 8.46. The van der Waals surface area contributed by atoms with Crippen LogP contribution in [0, 0.1) is 11.8 Å². The summed E-state index contributed by atoms with van der Waals surface area (Å²) in [6.45, 7) is 6.50. The summed E-state index contributed by atoms with van der Waals surface area (Å²) in [7, 11) is 0. The Hall–Kier alpha value is -1.93. The van der Waals surface area contributed by atoms with Crippen molar-refractivity contribution in [3.05, 3.63) is 12.7 Å². The number of carbonyl (C=O) groups is 3. The molecule has 0 radical (unpaired) electrons. The Bertz CT molecular complexity index is 796. The van der Waals surface area contributed by atoms with Crippen molar-refractivity contribution in [3.8, 4) is 0 Å². The van der Waals surface area contributed by atoms with Gasteiger partial charge < -0.3 is 24.7 Å². The van der Waals surface area contributed by atoms with Gasteiger partial charge in [-0.1, -0.05) is 25.3 Å². The highest BCUT2D eigenvalue weighted by Crippen LogP contribution is 2.63. The number of aliphatic hydroxyl groups is 1. The monoisotopic (exact) mass is 462 g/mol. The molecule has 8 nitrogen and oxygen atoms in total. The molecule has 0 aromatic heterocycles. The fourth-order valence-corrected chi connectivity index (χ4v) is 7.00. The van der Waals surface area contributed by atoms with Crippen molar-refractivity contribution in [3.63, 3.8) is 0 Å². The fourth-order valence-electron chi connectivity index (χ4n) is 7.00. The van der Waals surface area contributed by atoms with Crippen LogP contribution in [0.1, 0.15) is 71.1 Å². The number of ether oxygens (including phenoxy) is 1. The Kier molecular flexibility index (Phi) is 6.87. The maximum absolute atomic E-state index is 14.2. The number of carboxylic acid groups (broad SMARTS) is 1. The lowest BCUT2D eigenvalue weighted by Crippen LogP contribution is -2.58. The van der Waals surface area contributed by atoms with Crippen LogP contribution >= 0.6 is 0 Å². The Morgan fingerprint density at radius 2 is 1.94 bits per heavy atom. The molecule has 184 valence electrons. The van der Waals surface area contributed by atoms with Gasteiger partial charge in [0.15, 0.2) is 0 Å². The van der Waals surface area contributed by atoms with E-state index in [9.17, 15) is 19.5 Å². The zero-order valence-electron chi connectivity index (χ0n) is 19.7. The first-order valence-electron chi connectivity index (χ1n) is 12.6. The second-order valence-corrected chi connectivity index (χ2v) is 10.5. The van der Waals surface area contributed by atoms with Gasteiger partial charge >= 0.3 is 5.97 Å². The summed E-state index contributed by atoms with van der Waals surface area (Å²) >= 11 is 0. The molecule has 0 aromatic rings. The summed E-state index contributed by atoms with van der Waals surface area (Å²) < 4.78 is 6.47. The van der Waals surface area contributed by atoms with E-state index in [1.807, 2.05) is 4.90 Å². The van der Waals surface area contributed by atoms with E-state index in [0.29, 0.717) is 38.8 Å². The van der Waals surface area contributed by atoms with E-state index in [1.165, 1.54) is 6.42 Å². The summed E-state index contributed by atoms with van der Waals surface area (Å²) in [5, 5.41) is 19.2. The predicted molar refractivity (Wildman–Crippen MR) is 121 cm³/mol. The molecule has 3 heterocycles. The summed E-state index contributed by atoms with van der Waals surface area (Å²) in [6, 6.07) is -0.701. The van der Waals surface area contributed by atoms with E-state index in [-0.39, 0.29) is 24.5 Å². The first-order valence-corrected chi connectivity index (χ1v) is 12.6. The van der Waals surface area contributed by atoms with Crippen molar-refractivity contribution in [1.82, 2.24) is 9.80 Å². The number of likely N-dealkylation sites (tertiary alicyclic amines) is 1. The van der Waals surface area contributed by atoms with Crippen molar-refractivity contribution in [1.29, 1.82) is 0 Å². The minimum Gasteiger partial charge on any atom is -0.481 e. The van der Waals surface area contributed by atoms with Crippen molar-refractivity contribution in [2.75, 3.05) is 19.7 Å².